The van der Waals surface area contributed by atoms with Gasteiger partial charge in [-0.05, 0) is 31.6 Å². The van der Waals surface area contributed by atoms with Gasteiger partial charge in [-0.1, -0.05) is 6.92 Å². The summed E-state index contributed by atoms with van der Waals surface area (Å²) in [6, 6.07) is 2.06. The molecule has 0 heterocycles. The smallest absolute Gasteiger partial charge is 0.240 e. The van der Waals surface area contributed by atoms with Crippen molar-refractivity contribution in [1.82, 2.24) is 5.32 Å². The molecular formula is C11H18N2O2. The highest BCUT2D eigenvalue weighted by molar-refractivity contribution is 5.88. The van der Waals surface area contributed by atoms with Crippen molar-refractivity contribution >= 4 is 5.91 Å². The zero-order chi connectivity index (χ0) is 11.3. The predicted molar refractivity (Wildman–Crippen MR) is 55.8 cm³/mol. The van der Waals surface area contributed by atoms with E-state index in [0.717, 1.165) is 12.8 Å². The largest absolute Gasteiger partial charge is 0.396 e. The van der Waals surface area contributed by atoms with Crippen LogP contribution < -0.4 is 5.32 Å². The average molecular weight is 210 g/mol. The monoisotopic (exact) mass is 210 g/mol. The molecule has 0 bridgehead atoms. The lowest BCUT2D eigenvalue weighted by atomic mass is 10.1. The molecule has 0 radical (unpaired) electrons. The van der Waals surface area contributed by atoms with E-state index in [4.69, 9.17) is 10.4 Å². The van der Waals surface area contributed by atoms with E-state index in [0.29, 0.717) is 19.4 Å². The molecule has 1 unspecified atom stereocenters. The van der Waals surface area contributed by atoms with Gasteiger partial charge in [-0.3, -0.25) is 4.79 Å². The Balaban J connectivity index is 2.11. The third-order valence-electron chi connectivity index (χ3n) is 2.87. The Morgan fingerprint density at radius 2 is 2.33 bits per heavy atom. The normalized spacial score (nSPS) is 19.0. The van der Waals surface area contributed by atoms with Crippen molar-refractivity contribution in [2.45, 2.75) is 32.6 Å². The van der Waals surface area contributed by atoms with Crippen molar-refractivity contribution in [3.05, 3.63) is 0 Å². The van der Waals surface area contributed by atoms with E-state index in [1.807, 2.05) is 6.92 Å². The summed E-state index contributed by atoms with van der Waals surface area (Å²) in [5.41, 5.74) is -0.706. The third kappa shape index (κ3) is 3.21. The first-order valence-electron chi connectivity index (χ1n) is 5.45. The lowest BCUT2D eigenvalue weighted by molar-refractivity contribution is -0.124. The predicted octanol–water partition coefficient (Wildman–Crippen LogP) is 0.815. The van der Waals surface area contributed by atoms with E-state index in [1.54, 1.807) is 0 Å². The number of nitriles is 1. The fourth-order valence-electron chi connectivity index (χ4n) is 1.43. The van der Waals surface area contributed by atoms with Gasteiger partial charge in [0.1, 0.15) is 5.41 Å². The second-order valence-electron chi connectivity index (χ2n) is 4.38. The molecule has 2 N–H and O–H groups in total. The highest BCUT2D eigenvalue weighted by Crippen LogP contribution is 2.44. The average Bonchev–Trinajstić information content (AvgIpc) is 3.04. The first kappa shape index (κ1) is 12.0. The molecule has 1 rings (SSSR count). The number of aliphatic hydroxyl groups excluding tert-OH is 1. The van der Waals surface area contributed by atoms with Gasteiger partial charge in [-0.15, -0.1) is 0 Å². The SMILES string of the molecule is CC(CO)CCCNC(=O)C1(C#N)CC1. The van der Waals surface area contributed by atoms with E-state index in [2.05, 4.69) is 11.4 Å². The summed E-state index contributed by atoms with van der Waals surface area (Å²) in [6.07, 6.45) is 3.15. The van der Waals surface area contributed by atoms with Crippen molar-refractivity contribution in [2.24, 2.45) is 11.3 Å². The van der Waals surface area contributed by atoms with Gasteiger partial charge in [0.25, 0.3) is 0 Å². The number of nitrogens with one attached hydrogen (secondary N) is 1. The van der Waals surface area contributed by atoms with Gasteiger partial charge >= 0.3 is 0 Å². The molecule has 1 fully saturated rings. The molecule has 4 nitrogen and oxygen atoms in total. The van der Waals surface area contributed by atoms with E-state index >= 15 is 0 Å². The minimum absolute atomic E-state index is 0.123. The van der Waals surface area contributed by atoms with Crippen LogP contribution in [0.3, 0.4) is 0 Å². The van der Waals surface area contributed by atoms with Crippen molar-refractivity contribution in [3.8, 4) is 6.07 Å². The van der Waals surface area contributed by atoms with Crippen LogP contribution in [0, 0.1) is 22.7 Å². The maximum absolute atomic E-state index is 11.5. The second kappa shape index (κ2) is 5.13. The summed E-state index contributed by atoms with van der Waals surface area (Å²) < 4.78 is 0. The quantitative estimate of drug-likeness (QED) is 0.637. The molecule has 0 aromatic heterocycles. The standard InChI is InChI=1S/C11H18N2O2/c1-9(7-14)3-2-6-13-10(15)11(8-12)4-5-11/h9,14H,2-7H2,1H3,(H,13,15). The Morgan fingerprint density at radius 1 is 1.67 bits per heavy atom. The molecule has 0 saturated heterocycles. The van der Waals surface area contributed by atoms with Crippen LogP contribution in [0.15, 0.2) is 0 Å². The number of hydrogen-bond donors (Lipinski definition) is 2. The molecular weight excluding hydrogens is 192 g/mol. The molecule has 0 aliphatic heterocycles. The molecule has 0 spiro atoms. The van der Waals surface area contributed by atoms with Crippen molar-refractivity contribution in [3.63, 3.8) is 0 Å². The summed E-state index contributed by atoms with van der Waals surface area (Å²) in [5, 5.41) is 20.3. The van der Waals surface area contributed by atoms with Crippen LogP contribution in [-0.2, 0) is 4.79 Å². The van der Waals surface area contributed by atoms with Crippen molar-refractivity contribution < 1.29 is 9.90 Å². The lowest BCUT2D eigenvalue weighted by Gasteiger charge is -2.10. The zero-order valence-electron chi connectivity index (χ0n) is 9.12. The number of aliphatic hydroxyl groups is 1. The fraction of sp³-hybridized carbons (Fsp3) is 0.818. The van der Waals surface area contributed by atoms with Gasteiger partial charge in [0.2, 0.25) is 5.91 Å². The second-order valence-corrected chi connectivity index (χ2v) is 4.38. The number of carbonyl (C=O) groups excluding carboxylic acids is 1. The Labute approximate surface area is 90.3 Å². The van der Waals surface area contributed by atoms with Crippen LogP contribution in [0.5, 0.6) is 0 Å². The maximum atomic E-state index is 11.5. The van der Waals surface area contributed by atoms with Crippen LogP contribution in [0.25, 0.3) is 0 Å². The molecule has 1 amide bonds. The third-order valence-corrected chi connectivity index (χ3v) is 2.87. The number of hydrogen-bond acceptors (Lipinski definition) is 3. The van der Waals surface area contributed by atoms with Crippen LogP contribution in [0.4, 0.5) is 0 Å². The fourth-order valence-corrected chi connectivity index (χ4v) is 1.43. The van der Waals surface area contributed by atoms with Gasteiger partial charge in [0.15, 0.2) is 0 Å². The van der Waals surface area contributed by atoms with Gasteiger partial charge < -0.3 is 10.4 Å². The molecule has 1 aliphatic rings. The van der Waals surface area contributed by atoms with E-state index < -0.39 is 5.41 Å². The molecule has 1 atom stereocenters. The van der Waals surface area contributed by atoms with Crippen molar-refractivity contribution in [2.75, 3.05) is 13.2 Å². The van der Waals surface area contributed by atoms with E-state index in [1.165, 1.54) is 0 Å². The Bertz CT molecular complexity index is 266. The summed E-state index contributed by atoms with van der Waals surface area (Å²) in [6.45, 7) is 2.77. The molecule has 4 heteroatoms. The topological polar surface area (TPSA) is 73.1 Å². The molecule has 1 saturated carbocycles. The number of amides is 1. The van der Waals surface area contributed by atoms with Gasteiger partial charge in [0, 0.05) is 13.2 Å². The van der Waals surface area contributed by atoms with E-state index in [9.17, 15) is 4.79 Å². The Hall–Kier alpha value is -1.08. The van der Waals surface area contributed by atoms with Gasteiger partial charge in [-0.2, -0.15) is 5.26 Å². The van der Waals surface area contributed by atoms with Gasteiger partial charge in [0.05, 0.1) is 6.07 Å². The van der Waals surface area contributed by atoms with E-state index in [-0.39, 0.29) is 18.4 Å². The summed E-state index contributed by atoms with van der Waals surface area (Å²) in [5.74, 6) is 0.161. The highest BCUT2D eigenvalue weighted by Gasteiger charge is 2.50. The number of rotatable bonds is 6. The van der Waals surface area contributed by atoms with Crippen LogP contribution in [0.2, 0.25) is 0 Å². The highest BCUT2D eigenvalue weighted by atomic mass is 16.3. The summed E-state index contributed by atoms with van der Waals surface area (Å²) >= 11 is 0. The summed E-state index contributed by atoms with van der Waals surface area (Å²) in [4.78, 5) is 11.5. The molecule has 15 heavy (non-hydrogen) atoms. The Morgan fingerprint density at radius 3 is 2.80 bits per heavy atom. The Kier molecular flexibility index (Phi) is 4.10. The minimum atomic E-state index is -0.706. The number of carbonyl (C=O) groups is 1. The first-order chi connectivity index (χ1) is 7.14. The summed E-state index contributed by atoms with van der Waals surface area (Å²) in [7, 11) is 0. The molecule has 0 aromatic carbocycles. The van der Waals surface area contributed by atoms with Crippen LogP contribution >= 0.6 is 0 Å². The minimum Gasteiger partial charge on any atom is -0.396 e. The maximum Gasteiger partial charge on any atom is 0.240 e. The molecule has 0 aromatic rings. The van der Waals surface area contributed by atoms with Crippen molar-refractivity contribution in [1.29, 1.82) is 5.26 Å². The molecule has 84 valence electrons. The van der Waals surface area contributed by atoms with Crippen LogP contribution in [-0.4, -0.2) is 24.2 Å². The van der Waals surface area contributed by atoms with Crippen LogP contribution in [0.1, 0.15) is 32.6 Å². The lowest BCUT2D eigenvalue weighted by Crippen LogP contribution is -2.32. The molecule has 1 aliphatic carbocycles. The first-order valence-corrected chi connectivity index (χ1v) is 5.45. The van der Waals surface area contributed by atoms with Gasteiger partial charge in [-0.25, -0.2) is 0 Å². The zero-order valence-corrected chi connectivity index (χ0v) is 9.12. The number of nitrogens with zero attached hydrogens (tertiary/aromatic N) is 1.